The number of hydrogen-bond donors (Lipinski definition) is 1. The van der Waals surface area contributed by atoms with Crippen LogP contribution >= 0.6 is 0 Å². The average Bonchev–Trinajstić information content (AvgIpc) is 2.98. The first-order chi connectivity index (χ1) is 11.7. The summed E-state index contributed by atoms with van der Waals surface area (Å²) in [6, 6.07) is 9.03. The molecular formula is C18H19NO5. The van der Waals surface area contributed by atoms with Crippen LogP contribution in [0.4, 0.5) is 5.88 Å². The topological polar surface area (TPSA) is 77.8 Å². The Morgan fingerprint density at radius 2 is 1.92 bits per heavy atom. The average molecular weight is 329 g/mol. The van der Waals surface area contributed by atoms with E-state index in [2.05, 4.69) is 5.32 Å². The SMILES string of the molecule is COC(=O)c1c(NC(=O)COc2ccccc2)oc2c1CCCC2. The van der Waals surface area contributed by atoms with Gasteiger partial charge >= 0.3 is 5.97 Å². The van der Waals surface area contributed by atoms with Crippen LogP contribution in [0.3, 0.4) is 0 Å². The molecule has 0 aliphatic heterocycles. The molecule has 0 unspecified atom stereocenters. The Morgan fingerprint density at radius 3 is 2.67 bits per heavy atom. The fraction of sp³-hybridized carbons (Fsp3) is 0.333. The Labute approximate surface area is 139 Å². The number of nitrogens with one attached hydrogen (secondary N) is 1. The third-order valence-electron chi connectivity index (χ3n) is 3.93. The number of esters is 1. The van der Waals surface area contributed by atoms with Crippen molar-refractivity contribution in [2.45, 2.75) is 25.7 Å². The fourth-order valence-electron chi connectivity index (χ4n) is 2.80. The third-order valence-corrected chi connectivity index (χ3v) is 3.93. The molecule has 6 heteroatoms. The van der Waals surface area contributed by atoms with Gasteiger partial charge in [0.2, 0.25) is 5.88 Å². The minimum atomic E-state index is -0.499. The molecular weight excluding hydrogens is 310 g/mol. The summed E-state index contributed by atoms with van der Waals surface area (Å²) >= 11 is 0. The van der Waals surface area contributed by atoms with Crippen molar-refractivity contribution in [3.05, 3.63) is 47.2 Å². The molecule has 1 aromatic carbocycles. The number of amides is 1. The summed E-state index contributed by atoms with van der Waals surface area (Å²) in [4.78, 5) is 24.2. The molecule has 1 amide bonds. The van der Waals surface area contributed by atoms with Gasteiger partial charge < -0.3 is 13.9 Å². The van der Waals surface area contributed by atoms with Gasteiger partial charge in [0.1, 0.15) is 17.1 Å². The number of fused-ring (bicyclic) bond motifs is 1. The van der Waals surface area contributed by atoms with Crippen LogP contribution < -0.4 is 10.1 Å². The van der Waals surface area contributed by atoms with E-state index >= 15 is 0 Å². The van der Waals surface area contributed by atoms with Crippen molar-refractivity contribution in [3.8, 4) is 5.75 Å². The molecule has 0 radical (unpaired) electrons. The largest absolute Gasteiger partial charge is 0.484 e. The van der Waals surface area contributed by atoms with Crippen molar-refractivity contribution in [2.75, 3.05) is 19.0 Å². The maximum atomic E-state index is 12.1. The molecule has 1 N–H and O–H groups in total. The maximum Gasteiger partial charge on any atom is 0.343 e. The van der Waals surface area contributed by atoms with Crippen LogP contribution in [-0.4, -0.2) is 25.6 Å². The monoisotopic (exact) mass is 329 g/mol. The number of ether oxygens (including phenoxy) is 2. The predicted octanol–water partition coefficient (Wildman–Crippen LogP) is 2.96. The van der Waals surface area contributed by atoms with Crippen LogP contribution in [0.2, 0.25) is 0 Å². The molecule has 1 heterocycles. The summed E-state index contributed by atoms with van der Waals surface area (Å²) in [5.41, 5.74) is 1.16. The molecule has 0 atom stereocenters. The molecule has 0 fully saturated rings. The van der Waals surface area contributed by atoms with Gasteiger partial charge in [0, 0.05) is 12.0 Å². The van der Waals surface area contributed by atoms with E-state index in [9.17, 15) is 9.59 Å². The van der Waals surface area contributed by atoms with Crippen molar-refractivity contribution in [3.63, 3.8) is 0 Å². The minimum absolute atomic E-state index is 0.149. The van der Waals surface area contributed by atoms with Gasteiger partial charge in [-0.2, -0.15) is 0 Å². The van der Waals surface area contributed by atoms with E-state index in [1.54, 1.807) is 12.1 Å². The van der Waals surface area contributed by atoms with Gasteiger partial charge in [-0.05, 0) is 31.4 Å². The van der Waals surface area contributed by atoms with Crippen LogP contribution in [0.1, 0.15) is 34.5 Å². The molecule has 24 heavy (non-hydrogen) atoms. The second kappa shape index (κ2) is 7.21. The summed E-state index contributed by atoms with van der Waals surface area (Å²) < 4.78 is 15.9. The molecule has 6 nitrogen and oxygen atoms in total. The van der Waals surface area contributed by atoms with E-state index in [-0.39, 0.29) is 12.5 Å². The predicted molar refractivity (Wildman–Crippen MR) is 87.3 cm³/mol. The third kappa shape index (κ3) is 3.42. The number of anilines is 1. The standard InChI is InChI=1S/C18H19NO5/c1-22-18(21)16-13-9-5-6-10-14(13)24-17(16)19-15(20)11-23-12-7-3-2-4-8-12/h2-4,7-8H,5-6,9-11H2,1H3,(H,19,20). The van der Waals surface area contributed by atoms with Crippen molar-refractivity contribution in [1.29, 1.82) is 0 Å². The lowest BCUT2D eigenvalue weighted by molar-refractivity contribution is -0.118. The Hall–Kier alpha value is -2.76. The van der Waals surface area contributed by atoms with Gasteiger partial charge in [0.25, 0.3) is 5.91 Å². The highest BCUT2D eigenvalue weighted by Gasteiger charge is 2.28. The second-order valence-electron chi connectivity index (χ2n) is 5.56. The number of methoxy groups -OCH3 is 1. The van der Waals surface area contributed by atoms with E-state index < -0.39 is 11.9 Å². The van der Waals surface area contributed by atoms with Gasteiger partial charge in [0.15, 0.2) is 6.61 Å². The van der Waals surface area contributed by atoms with Crippen molar-refractivity contribution >= 4 is 17.8 Å². The van der Waals surface area contributed by atoms with E-state index in [1.807, 2.05) is 18.2 Å². The number of furan rings is 1. The molecule has 1 aromatic heterocycles. The summed E-state index contributed by atoms with van der Waals surface area (Å²) in [5.74, 6) is 0.604. The first kappa shape index (κ1) is 16.1. The maximum absolute atomic E-state index is 12.1. The smallest absolute Gasteiger partial charge is 0.343 e. The van der Waals surface area contributed by atoms with E-state index in [4.69, 9.17) is 13.9 Å². The van der Waals surface area contributed by atoms with E-state index in [0.29, 0.717) is 11.3 Å². The number of benzene rings is 1. The van der Waals surface area contributed by atoms with Gasteiger partial charge in [0.05, 0.1) is 7.11 Å². The zero-order chi connectivity index (χ0) is 16.9. The molecule has 1 aliphatic carbocycles. The van der Waals surface area contributed by atoms with Gasteiger partial charge in [-0.15, -0.1) is 0 Å². The van der Waals surface area contributed by atoms with Crippen LogP contribution in [0.25, 0.3) is 0 Å². The van der Waals surface area contributed by atoms with Crippen molar-refractivity contribution < 1.29 is 23.5 Å². The van der Waals surface area contributed by atoms with Crippen LogP contribution in [0, 0.1) is 0 Å². The minimum Gasteiger partial charge on any atom is -0.484 e. The summed E-state index contributed by atoms with van der Waals surface area (Å²) in [6.45, 7) is -0.171. The van der Waals surface area contributed by atoms with Gasteiger partial charge in [-0.3, -0.25) is 10.1 Å². The summed E-state index contributed by atoms with van der Waals surface area (Å²) in [7, 11) is 1.31. The number of rotatable bonds is 5. The number of aryl methyl sites for hydroxylation is 1. The Bertz CT molecular complexity index is 735. The van der Waals surface area contributed by atoms with Crippen LogP contribution in [-0.2, 0) is 22.4 Å². The summed E-state index contributed by atoms with van der Waals surface area (Å²) in [6.07, 6.45) is 3.50. The molecule has 0 bridgehead atoms. The van der Waals surface area contributed by atoms with Crippen molar-refractivity contribution in [2.24, 2.45) is 0 Å². The van der Waals surface area contributed by atoms with E-state index in [0.717, 1.165) is 37.0 Å². The van der Waals surface area contributed by atoms with Crippen LogP contribution in [0.5, 0.6) is 5.75 Å². The van der Waals surface area contributed by atoms with Gasteiger partial charge in [-0.1, -0.05) is 18.2 Å². The molecule has 1 aliphatic rings. The summed E-state index contributed by atoms with van der Waals surface area (Å²) in [5, 5.41) is 2.62. The lowest BCUT2D eigenvalue weighted by Crippen LogP contribution is -2.21. The quantitative estimate of drug-likeness (QED) is 0.853. The Morgan fingerprint density at radius 1 is 1.17 bits per heavy atom. The first-order valence-electron chi connectivity index (χ1n) is 7.89. The molecule has 0 spiro atoms. The van der Waals surface area contributed by atoms with E-state index in [1.165, 1.54) is 7.11 Å². The second-order valence-corrected chi connectivity index (χ2v) is 5.56. The normalized spacial score (nSPS) is 13.0. The number of hydrogen-bond acceptors (Lipinski definition) is 5. The highest BCUT2D eigenvalue weighted by molar-refractivity contribution is 6.01. The molecule has 126 valence electrons. The van der Waals surface area contributed by atoms with Crippen molar-refractivity contribution in [1.82, 2.24) is 0 Å². The van der Waals surface area contributed by atoms with Crippen LogP contribution in [0.15, 0.2) is 34.7 Å². The fourth-order valence-corrected chi connectivity index (χ4v) is 2.80. The lowest BCUT2D eigenvalue weighted by atomic mass is 9.95. The zero-order valence-electron chi connectivity index (χ0n) is 13.5. The molecule has 2 aromatic rings. The molecule has 0 saturated heterocycles. The Balaban J connectivity index is 1.73. The first-order valence-corrected chi connectivity index (χ1v) is 7.89. The Kier molecular flexibility index (Phi) is 4.84. The zero-order valence-corrected chi connectivity index (χ0v) is 13.5. The number of carbonyl (C=O) groups is 2. The number of para-hydroxylation sites is 1. The number of carbonyl (C=O) groups excluding carboxylic acids is 2. The lowest BCUT2D eigenvalue weighted by Gasteiger charge is -2.09. The molecule has 3 rings (SSSR count). The van der Waals surface area contributed by atoms with Gasteiger partial charge in [-0.25, -0.2) is 4.79 Å². The highest BCUT2D eigenvalue weighted by Crippen LogP contribution is 2.33. The molecule has 0 saturated carbocycles. The highest BCUT2D eigenvalue weighted by atomic mass is 16.5.